The number of hydrogen-bond acceptors (Lipinski definition) is 4. The van der Waals surface area contributed by atoms with Crippen LogP contribution in [0, 0.1) is 11.5 Å². The van der Waals surface area contributed by atoms with Gasteiger partial charge in [0, 0.05) is 11.1 Å². The second-order valence-corrected chi connectivity index (χ2v) is 8.45. The van der Waals surface area contributed by atoms with Crippen molar-refractivity contribution in [2.24, 2.45) is 0 Å². The van der Waals surface area contributed by atoms with Crippen LogP contribution in [0.1, 0.15) is 15.9 Å². The van der Waals surface area contributed by atoms with Gasteiger partial charge in [0.25, 0.3) is 0 Å². The van der Waals surface area contributed by atoms with Gasteiger partial charge >= 0.3 is 15.6 Å². The van der Waals surface area contributed by atoms with E-state index < -0.39 is 30.2 Å². The molecule has 0 N–H and O–H groups in total. The molecule has 1 aromatic carbocycles. The highest BCUT2D eigenvalue weighted by molar-refractivity contribution is 7.88. The summed E-state index contributed by atoms with van der Waals surface area (Å²) >= 11 is 0. The van der Waals surface area contributed by atoms with Crippen LogP contribution < -0.4 is 4.18 Å². The quantitative estimate of drug-likeness (QED) is 0.279. The van der Waals surface area contributed by atoms with Crippen molar-refractivity contribution in [1.82, 2.24) is 0 Å². The third-order valence-electron chi connectivity index (χ3n) is 2.06. The maximum Gasteiger partial charge on any atom is 0.534 e. The van der Waals surface area contributed by atoms with Gasteiger partial charge in [-0.15, -0.1) is 5.54 Å². The minimum absolute atomic E-state index is 0.0282. The molecule has 1 rings (SSSR count). The zero-order valence-electron chi connectivity index (χ0n) is 11.1. The number of carbonyl (C=O) groups excluding carboxylic acids is 1. The fourth-order valence-electron chi connectivity index (χ4n) is 1.21. The van der Waals surface area contributed by atoms with E-state index >= 15 is 0 Å². The Hall–Kier alpha value is -1.79. The topological polar surface area (TPSA) is 60.4 Å². The number of aldehydes is 1. The van der Waals surface area contributed by atoms with Crippen molar-refractivity contribution in [2.75, 3.05) is 0 Å². The highest BCUT2D eigenvalue weighted by Crippen LogP contribution is 2.27. The molecule has 1 aromatic rings. The fourth-order valence-corrected chi connectivity index (χ4v) is 2.11. The smallest absolute Gasteiger partial charge is 0.376 e. The molecule has 9 heteroatoms. The average molecular weight is 336 g/mol. The molecule has 0 spiro atoms. The molecule has 0 bridgehead atoms. The molecule has 0 unspecified atom stereocenters. The zero-order chi connectivity index (χ0) is 16.3. The molecule has 0 aliphatic rings. The first-order chi connectivity index (χ1) is 9.55. The number of carbonyl (C=O) groups is 1. The first-order valence-corrected chi connectivity index (χ1v) is 9.97. The van der Waals surface area contributed by atoms with Gasteiger partial charge in [0.05, 0.1) is 0 Å². The van der Waals surface area contributed by atoms with E-state index in [1.807, 2.05) is 13.1 Å². The van der Waals surface area contributed by atoms with Crippen LogP contribution >= 0.6 is 0 Å². The second-order valence-electron chi connectivity index (χ2n) is 4.32. The summed E-state index contributed by atoms with van der Waals surface area (Å²) in [6, 6.07) is 3.28. The van der Waals surface area contributed by atoms with Crippen LogP contribution in [0.3, 0.4) is 0 Å². The fraction of sp³-hybridized carbons (Fsp3) is 0.250. The van der Waals surface area contributed by atoms with Crippen LogP contribution in [0.2, 0.25) is 13.1 Å². The van der Waals surface area contributed by atoms with E-state index in [0.29, 0.717) is 6.29 Å². The van der Waals surface area contributed by atoms with Crippen LogP contribution in [-0.4, -0.2) is 29.0 Å². The largest absolute Gasteiger partial charge is 0.534 e. The molecule has 0 aliphatic carbocycles. The Morgan fingerprint density at radius 3 is 2.33 bits per heavy atom. The molecule has 0 amide bonds. The molecule has 114 valence electrons. The van der Waals surface area contributed by atoms with Crippen molar-refractivity contribution in [2.45, 2.75) is 18.6 Å². The van der Waals surface area contributed by atoms with Gasteiger partial charge in [-0.25, -0.2) is 0 Å². The van der Waals surface area contributed by atoms with Gasteiger partial charge in [0.15, 0.2) is 0 Å². The minimum atomic E-state index is -5.78. The summed E-state index contributed by atoms with van der Waals surface area (Å²) in [4.78, 5) is 10.7. The highest BCUT2D eigenvalue weighted by atomic mass is 32.2. The third kappa shape index (κ3) is 4.91. The Labute approximate surface area is 121 Å². The molecule has 0 atom stereocenters. The Bertz CT molecular complexity index is 699. The van der Waals surface area contributed by atoms with Crippen molar-refractivity contribution >= 4 is 25.2 Å². The summed E-state index contributed by atoms with van der Waals surface area (Å²) in [6.07, 6.45) is 0.366. The van der Waals surface area contributed by atoms with E-state index in [1.54, 1.807) is 0 Å². The molecular formula is C12H11F3O4SSi. The lowest BCUT2D eigenvalue weighted by Crippen LogP contribution is -2.28. The van der Waals surface area contributed by atoms with E-state index in [-0.39, 0.29) is 11.1 Å². The van der Waals surface area contributed by atoms with Crippen molar-refractivity contribution in [3.05, 3.63) is 29.3 Å². The lowest BCUT2D eigenvalue weighted by molar-refractivity contribution is -0.0500. The van der Waals surface area contributed by atoms with Gasteiger partial charge in [0.1, 0.15) is 20.8 Å². The van der Waals surface area contributed by atoms with Crippen LogP contribution in [-0.2, 0) is 10.1 Å². The summed E-state index contributed by atoms with van der Waals surface area (Å²) in [5.74, 6) is 2.08. The zero-order valence-corrected chi connectivity index (χ0v) is 13.0. The normalized spacial score (nSPS) is 11.7. The van der Waals surface area contributed by atoms with E-state index in [0.717, 1.165) is 12.1 Å². The maximum atomic E-state index is 12.3. The predicted molar refractivity (Wildman–Crippen MR) is 73.2 cm³/mol. The van der Waals surface area contributed by atoms with Gasteiger partial charge in [-0.1, -0.05) is 19.0 Å². The summed E-state index contributed by atoms with van der Waals surface area (Å²) in [5.41, 5.74) is -2.47. The first-order valence-electron chi connectivity index (χ1n) is 5.67. The Kier molecular flexibility index (Phi) is 5.19. The van der Waals surface area contributed by atoms with Gasteiger partial charge in [-0.2, -0.15) is 21.6 Å². The van der Waals surface area contributed by atoms with Crippen LogP contribution in [0.4, 0.5) is 13.2 Å². The molecule has 0 heterocycles. The number of halogens is 3. The Balaban J connectivity index is 3.24. The van der Waals surface area contributed by atoms with Gasteiger partial charge in [-0.05, 0) is 18.2 Å². The molecule has 0 saturated carbocycles. The lowest BCUT2D eigenvalue weighted by atomic mass is 10.1. The molecule has 21 heavy (non-hydrogen) atoms. The molecule has 0 saturated heterocycles. The van der Waals surface area contributed by atoms with Crippen LogP contribution in [0.15, 0.2) is 18.2 Å². The summed E-state index contributed by atoms with van der Waals surface area (Å²) in [6.45, 7) is 3.87. The number of benzene rings is 1. The molecule has 4 nitrogen and oxygen atoms in total. The summed E-state index contributed by atoms with van der Waals surface area (Å²) in [5, 5.41) is 0. The second kappa shape index (κ2) is 6.32. The molecule has 0 radical (unpaired) electrons. The van der Waals surface area contributed by atoms with Crippen molar-refractivity contribution < 1.29 is 30.6 Å². The van der Waals surface area contributed by atoms with E-state index in [4.69, 9.17) is 0 Å². The van der Waals surface area contributed by atoms with E-state index in [9.17, 15) is 26.4 Å². The number of hydrogen-bond donors (Lipinski definition) is 0. The Morgan fingerprint density at radius 1 is 1.24 bits per heavy atom. The van der Waals surface area contributed by atoms with Crippen LogP contribution in [0.5, 0.6) is 5.75 Å². The van der Waals surface area contributed by atoms with Gasteiger partial charge in [-0.3, -0.25) is 4.79 Å². The van der Waals surface area contributed by atoms with E-state index in [2.05, 4.69) is 15.6 Å². The molecule has 0 fully saturated rings. The Morgan fingerprint density at radius 2 is 1.86 bits per heavy atom. The van der Waals surface area contributed by atoms with Gasteiger partial charge < -0.3 is 4.18 Å². The summed E-state index contributed by atoms with van der Waals surface area (Å²) in [7, 11) is -7.02. The standard InChI is InChI=1S/C12H11F3O4SSi/c1-21(2)4-3-9-5-10(8-16)7-11(6-9)19-20(17,18)12(13,14)15/h5-8,21H,1-2H3. The molecule has 0 aromatic heterocycles. The first kappa shape index (κ1) is 17.3. The van der Waals surface area contributed by atoms with E-state index in [1.165, 1.54) is 6.07 Å². The van der Waals surface area contributed by atoms with Crippen LogP contribution in [0.25, 0.3) is 0 Å². The third-order valence-corrected chi connectivity index (χ3v) is 3.76. The van der Waals surface area contributed by atoms with Crippen molar-refractivity contribution in [3.8, 4) is 17.2 Å². The average Bonchev–Trinajstić information content (AvgIpc) is 2.34. The number of alkyl halides is 3. The SMILES string of the molecule is C[SiH](C)C#Cc1cc(C=O)cc(OS(=O)(=O)C(F)(F)F)c1. The number of rotatable bonds is 3. The molecule has 0 aliphatic heterocycles. The van der Waals surface area contributed by atoms with Crippen molar-refractivity contribution in [1.29, 1.82) is 0 Å². The minimum Gasteiger partial charge on any atom is -0.376 e. The predicted octanol–water partition coefficient (Wildman–Crippen LogP) is 2.10. The highest BCUT2D eigenvalue weighted by Gasteiger charge is 2.48. The van der Waals surface area contributed by atoms with Crippen molar-refractivity contribution in [3.63, 3.8) is 0 Å². The monoisotopic (exact) mass is 336 g/mol. The maximum absolute atomic E-state index is 12.3. The van der Waals surface area contributed by atoms with Gasteiger partial charge in [0.2, 0.25) is 0 Å². The summed E-state index contributed by atoms with van der Waals surface area (Å²) < 4.78 is 62.6. The molecular weight excluding hydrogens is 325 g/mol. The lowest BCUT2D eigenvalue weighted by Gasteiger charge is -2.10.